The Hall–Kier alpha value is -0.530. The second-order valence-electron chi connectivity index (χ2n) is 3.64. The highest BCUT2D eigenvalue weighted by atomic mass is 35.5. The van der Waals surface area contributed by atoms with E-state index in [-0.39, 0.29) is 0 Å². The molecule has 0 heterocycles. The van der Waals surface area contributed by atoms with Gasteiger partial charge in [0.1, 0.15) is 0 Å². The zero-order valence-corrected chi connectivity index (χ0v) is 9.86. The van der Waals surface area contributed by atoms with Gasteiger partial charge < -0.3 is 5.32 Å². The molecule has 1 unspecified atom stereocenters. The molecule has 0 aliphatic carbocycles. The van der Waals surface area contributed by atoms with Crippen LogP contribution < -0.4 is 5.32 Å². The minimum Gasteiger partial charge on any atom is -0.313 e. The van der Waals surface area contributed by atoms with E-state index >= 15 is 0 Å². The van der Waals surface area contributed by atoms with E-state index in [1.54, 1.807) is 0 Å². The van der Waals surface area contributed by atoms with Gasteiger partial charge in [-0.2, -0.15) is 0 Å². The topological polar surface area (TPSA) is 12.0 Å². The maximum Gasteiger partial charge on any atom is 0.0438 e. The van der Waals surface area contributed by atoms with Gasteiger partial charge in [-0.3, -0.25) is 0 Å². The first-order valence-electron chi connectivity index (χ1n) is 5.12. The minimum atomic E-state index is 0.429. The fourth-order valence-corrected chi connectivity index (χ4v) is 1.78. The Morgan fingerprint density at radius 1 is 1.43 bits per heavy atom. The highest BCUT2D eigenvalue weighted by Crippen LogP contribution is 2.23. The van der Waals surface area contributed by atoms with Gasteiger partial charge in [0.2, 0.25) is 0 Å². The number of benzene rings is 1. The summed E-state index contributed by atoms with van der Waals surface area (Å²) in [4.78, 5) is 0. The third kappa shape index (κ3) is 2.73. The van der Waals surface area contributed by atoms with E-state index in [0.717, 1.165) is 17.0 Å². The van der Waals surface area contributed by atoms with Crippen molar-refractivity contribution >= 4 is 11.6 Å². The van der Waals surface area contributed by atoms with Crippen molar-refractivity contribution in [3.63, 3.8) is 0 Å². The van der Waals surface area contributed by atoms with E-state index < -0.39 is 0 Å². The van der Waals surface area contributed by atoms with Gasteiger partial charge in [0.25, 0.3) is 0 Å². The number of hydrogen-bond donors (Lipinski definition) is 1. The Morgan fingerprint density at radius 3 is 2.64 bits per heavy atom. The summed E-state index contributed by atoms with van der Waals surface area (Å²) >= 11 is 6.09. The molecule has 1 nitrogen and oxygen atoms in total. The van der Waals surface area contributed by atoms with Crippen LogP contribution in [0.15, 0.2) is 18.2 Å². The van der Waals surface area contributed by atoms with Crippen LogP contribution in [0.3, 0.4) is 0 Å². The monoisotopic (exact) mass is 211 g/mol. The lowest BCUT2D eigenvalue weighted by atomic mass is 10.0. The van der Waals surface area contributed by atoms with Gasteiger partial charge in [-0.15, -0.1) is 0 Å². The molecular formula is C12H18ClN. The van der Waals surface area contributed by atoms with Crippen molar-refractivity contribution in [2.75, 3.05) is 7.05 Å². The van der Waals surface area contributed by atoms with Crippen molar-refractivity contribution < 1.29 is 0 Å². The number of hydrogen-bond acceptors (Lipinski definition) is 1. The molecule has 1 aromatic carbocycles. The van der Waals surface area contributed by atoms with Crippen LogP contribution in [0.5, 0.6) is 0 Å². The van der Waals surface area contributed by atoms with Gasteiger partial charge in [0.15, 0.2) is 0 Å². The first-order valence-corrected chi connectivity index (χ1v) is 5.50. The van der Waals surface area contributed by atoms with Crippen molar-refractivity contribution in [3.8, 4) is 0 Å². The molecule has 2 heteroatoms. The molecule has 1 rings (SSSR count). The fraction of sp³-hybridized carbons (Fsp3) is 0.500. The predicted molar refractivity (Wildman–Crippen MR) is 62.9 cm³/mol. The maximum atomic E-state index is 6.09. The highest BCUT2D eigenvalue weighted by molar-refractivity contribution is 6.31. The summed E-state index contributed by atoms with van der Waals surface area (Å²) in [7, 11) is 1.99. The minimum absolute atomic E-state index is 0.429. The van der Waals surface area contributed by atoms with Gasteiger partial charge in [-0.1, -0.05) is 37.1 Å². The third-order valence-electron chi connectivity index (χ3n) is 2.52. The third-order valence-corrected chi connectivity index (χ3v) is 2.93. The SMILES string of the molecule is CCCC(NC)c1ccc(C)c(Cl)c1. The predicted octanol–water partition coefficient (Wildman–Crippen LogP) is 3.71. The van der Waals surface area contributed by atoms with Crippen LogP contribution in [0.25, 0.3) is 0 Å². The Labute approximate surface area is 91.5 Å². The molecule has 1 N–H and O–H groups in total. The lowest BCUT2D eigenvalue weighted by Crippen LogP contribution is -2.15. The zero-order valence-electron chi connectivity index (χ0n) is 9.10. The van der Waals surface area contributed by atoms with Gasteiger partial charge in [0.05, 0.1) is 0 Å². The van der Waals surface area contributed by atoms with E-state index in [1.807, 2.05) is 14.0 Å². The van der Waals surface area contributed by atoms with Crippen LogP contribution >= 0.6 is 11.6 Å². The first kappa shape index (κ1) is 11.5. The van der Waals surface area contributed by atoms with Crippen molar-refractivity contribution in [1.82, 2.24) is 5.32 Å². The van der Waals surface area contributed by atoms with Crippen LogP contribution in [0.4, 0.5) is 0 Å². The number of halogens is 1. The molecule has 0 saturated carbocycles. The van der Waals surface area contributed by atoms with Crippen LogP contribution in [0.2, 0.25) is 5.02 Å². The highest BCUT2D eigenvalue weighted by Gasteiger charge is 2.08. The smallest absolute Gasteiger partial charge is 0.0438 e. The van der Waals surface area contributed by atoms with Crippen molar-refractivity contribution in [2.45, 2.75) is 32.7 Å². The summed E-state index contributed by atoms with van der Waals surface area (Å²) in [6, 6.07) is 6.72. The van der Waals surface area contributed by atoms with Crippen LogP contribution in [-0.4, -0.2) is 7.05 Å². The quantitative estimate of drug-likeness (QED) is 0.801. The molecule has 78 valence electrons. The molecule has 0 amide bonds. The van der Waals surface area contributed by atoms with E-state index in [9.17, 15) is 0 Å². The average Bonchev–Trinajstić information content (AvgIpc) is 2.19. The second-order valence-corrected chi connectivity index (χ2v) is 4.05. The first-order chi connectivity index (χ1) is 6.69. The lowest BCUT2D eigenvalue weighted by Gasteiger charge is -2.16. The Morgan fingerprint density at radius 2 is 2.14 bits per heavy atom. The van der Waals surface area contributed by atoms with Crippen LogP contribution in [-0.2, 0) is 0 Å². The molecule has 14 heavy (non-hydrogen) atoms. The summed E-state index contributed by atoms with van der Waals surface area (Å²) in [6.07, 6.45) is 2.33. The van der Waals surface area contributed by atoms with E-state index in [0.29, 0.717) is 6.04 Å². The summed E-state index contributed by atoms with van der Waals surface area (Å²) in [5.41, 5.74) is 2.42. The fourth-order valence-electron chi connectivity index (χ4n) is 1.59. The number of nitrogens with one attached hydrogen (secondary N) is 1. The molecule has 1 aromatic rings. The Bertz CT molecular complexity index is 296. The molecule has 0 bridgehead atoms. The second kappa shape index (κ2) is 5.38. The molecule has 1 atom stereocenters. The number of aryl methyl sites for hydroxylation is 1. The molecule has 0 aromatic heterocycles. The summed E-state index contributed by atoms with van der Waals surface area (Å²) in [5.74, 6) is 0. The van der Waals surface area contributed by atoms with Crippen molar-refractivity contribution in [2.24, 2.45) is 0 Å². The molecule has 0 spiro atoms. The standard InChI is InChI=1S/C12H18ClN/c1-4-5-12(14-3)10-7-6-9(2)11(13)8-10/h6-8,12,14H,4-5H2,1-3H3. The van der Waals surface area contributed by atoms with Gasteiger partial charge in [-0.25, -0.2) is 0 Å². The maximum absolute atomic E-state index is 6.09. The average molecular weight is 212 g/mol. The van der Waals surface area contributed by atoms with Crippen LogP contribution in [0, 0.1) is 6.92 Å². The molecular weight excluding hydrogens is 194 g/mol. The molecule has 0 aliphatic heterocycles. The zero-order chi connectivity index (χ0) is 10.6. The summed E-state index contributed by atoms with van der Waals surface area (Å²) < 4.78 is 0. The molecule has 0 aliphatic rings. The Kier molecular flexibility index (Phi) is 4.43. The molecule has 0 fully saturated rings. The summed E-state index contributed by atoms with van der Waals surface area (Å²) in [6.45, 7) is 4.22. The molecule has 0 saturated heterocycles. The normalized spacial score (nSPS) is 12.9. The van der Waals surface area contributed by atoms with E-state index in [2.05, 4.69) is 30.4 Å². The lowest BCUT2D eigenvalue weighted by molar-refractivity contribution is 0.541. The van der Waals surface area contributed by atoms with Crippen LogP contribution in [0.1, 0.15) is 36.9 Å². The van der Waals surface area contributed by atoms with Crippen molar-refractivity contribution in [1.29, 1.82) is 0 Å². The van der Waals surface area contributed by atoms with E-state index in [4.69, 9.17) is 11.6 Å². The van der Waals surface area contributed by atoms with Gasteiger partial charge in [0, 0.05) is 11.1 Å². The van der Waals surface area contributed by atoms with E-state index in [1.165, 1.54) is 12.0 Å². The van der Waals surface area contributed by atoms with Crippen molar-refractivity contribution in [3.05, 3.63) is 34.3 Å². The summed E-state index contributed by atoms with van der Waals surface area (Å²) in [5, 5.41) is 4.17. The largest absolute Gasteiger partial charge is 0.313 e. The van der Waals surface area contributed by atoms with Gasteiger partial charge in [-0.05, 0) is 37.6 Å². The Balaban J connectivity index is 2.88. The number of rotatable bonds is 4. The van der Waals surface area contributed by atoms with Gasteiger partial charge >= 0.3 is 0 Å². The molecule has 0 radical (unpaired) electrons.